The number of hydrogen-bond acceptors (Lipinski definition) is 6. The number of carbonyl (C=O) groups is 1. The summed E-state index contributed by atoms with van der Waals surface area (Å²) < 4.78 is 25.2. The van der Waals surface area contributed by atoms with Gasteiger partial charge in [-0.1, -0.05) is 6.92 Å². The highest BCUT2D eigenvalue weighted by Gasteiger charge is 2.42. The molecule has 0 amide bonds. The number of anilines is 1. The molecule has 2 unspecified atom stereocenters. The standard InChI is InChI=1S/C12H16FN3O4S/c1-2-3-9(17)20-7-10-19-4-5-21(10)16-6-8(13)11(14)15-12(16)18/h6,10H,2-5,7H2,1H3,(H-,14,15,18)/p+1. The molecule has 1 fully saturated rings. The van der Waals surface area contributed by atoms with Gasteiger partial charge >= 0.3 is 11.7 Å². The fourth-order valence-corrected chi connectivity index (χ4v) is 3.79. The molecule has 1 aliphatic heterocycles. The third-order valence-electron chi connectivity index (χ3n) is 2.87. The Labute approximate surface area is 123 Å². The molecule has 7 nitrogen and oxygen atoms in total. The summed E-state index contributed by atoms with van der Waals surface area (Å²) in [5, 5.41) is 0. The Balaban J connectivity index is 2.10. The maximum absolute atomic E-state index is 13.5. The predicted molar refractivity (Wildman–Crippen MR) is 76.1 cm³/mol. The second-order valence-electron chi connectivity index (χ2n) is 4.42. The van der Waals surface area contributed by atoms with Crippen molar-refractivity contribution in [2.45, 2.75) is 25.2 Å². The number of nitrogens with two attached hydrogens (primary N) is 1. The first-order valence-corrected chi connectivity index (χ1v) is 7.96. The van der Waals surface area contributed by atoms with Crippen molar-refractivity contribution in [3.63, 3.8) is 0 Å². The van der Waals surface area contributed by atoms with Gasteiger partial charge in [-0.2, -0.15) is 4.98 Å². The Kier molecular flexibility index (Phi) is 5.18. The second-order valence-corrected chi connectivity index (χ2v) is 6.55. The van der Waals surface area contributed by atoms with Crippen LogP contribution in [-0.4, -0.2) is 39.3 Å². The van der Waals surface area contributed by atoms with E-state index in [1.165, 1.54) is 3.97 Å². The number of aromatic nitrogens is 2. The van der Waals surface area contributed by atoms with Crippen LogP contribution in [0.4, 0.5) is 10.2 Å². The Hall–Kier alpha value is -1.61. The van der Waals surface area contributed by atoms with E-state index in [-0.39, 0.29) is 12.6 Å². The van der Waals surface area contributed by atoms with Gasteiger partial charge in [0.05, 0.1) is 12.8 Å². The van der Waals surface area contributed by atoms with Crippen molar-refractivity contribution in [3.8, 4) is 0 Å². The first-order chi connectivity index (χ1) is 10.0. The summed E-state index contributed by atoms with van der Waals surface area (Å²) in [5.41, 5.74) is 4.16. The number of esters is 1. The molecule has 0 saturated carbocycles. The number of rotatable bonds is 5. The molecule has 2 heterocycles. The van der Waals surface area contributed by atoms with Gasteiger partial charge in [0.25, 0.3) is 5.44 Å². The minimum Gasteiger partial charge on any atom is -0.457 e. The van der Waals surface area contributed by atoms with E-state index in [1.807, 2.05) is 6.92 Å². The van der Waals surface area contributed by atoms with Gasteiger partial charge < -0.3 is 15.2 Å². The summed E-state index contributed by atoms with van der Waals surface area (Å²) in [7, 11) is 0. The molecule has 0 bridgehead atoms. The van der Waals surface area contributed by atoms with Crippen LogP contribution in [0, 0.1) is 5.82 Å². The molecule has 0 radical (unpaired) electrons. The fourth-order valence-electron chi connectivity index (χ4n) is 1.86. The summed E-state index contributed by atoms with van der Waals surface area (Å²) in [5.74, 6) is -0.951. The van der Waals surface area contributed by atoms with Crippen molar-refractivity contribution in [1.29, 1.82) is 0 Å². The number of carbonyl (C=O) groups excluding carboxylic acids is 1. The van der Waals surface area contributed by atoms with Crippen molar-refractivity contribution in [1.82, 2.24) is 8.96 Å². The molecule has 1 aromatic rings. The van der Waals surface area contributed by atoms with E-state index in [2.05, 4.69) is 4.98 Å². The van der Waals surface area contributed by atoms with E-state index in [1.54, 1.807) is 0 Å². The van der Waals surface area contributed by atoms with E-state index in [9.17, 15) is 14.0 Å². The molecule has 1 aliphatic rings. The summed E-state index contributed by atoms with van der Waals surface area (Å²) in [6.45, 7) is 2.33. The van der Waals surface area contributed by atoms with Crippen LogP contribution in [0.2, 0.25) is 0 Å². The Morgan fingerprint density at radius 1 is 1.71 bits per heavy atom. The van der Waals surface area contributed by atoms with Crippen molar-refractivity contribution < 1.29 is 18.7 Å². The number of ether oxygens (including phenoxy) is 2. The van der Waals surface area contributed by atoms with Gasteiger partial charge in [0.15, 0.2) is 24.0 Å². The lowest BCUT2D eigenvalue weighted by molar-refractivity contribution is -0.145. The SMILES string of the molecule is CCCC(=O)OCC1OCC[S+]1n1cc(F)c(N)nc1=O. The highest BCUT2D eigenvalue weighted by molar-refractivity contribution is 7.96. The molecular formula is C12H17FN3O4S+. The molecule has 1 saturated heterocycles. The third kappa shape index (κ3) is 3.73. The van der Waals surface area contributed by atoms with Crippen LogP contribution in [0.3, 0.4) is 0 Å². The minimum atomic E-state index is -0.754. The fraction of sp³-hybridized carbons (Fsp3) is 0.583. The van der Waals surface area contributed by atoms with Gasteiger partial charge in [-0.3, -0.25) is 4.79 Å². The number of nitrogen functional groups attached to an aromatic ring is 1. The van der Waals surface area contributed by atoms with Gasteiger partial charge in [-0.25, -0.2) is 9.18 Å². The van der Waals surface area contributed by atoms with Crippen LogP contribution < -0.4 is 11.4 Å². The van der Waals surface area contributed by atoms with E-state index >= 15 is 0 Å². The quantitative estimate of drug-likeness (QED) is 0.608. The molecule has 2 rings (SSSR count). The van der Waals surface area contributed by atoms with Crippen molar-refractivity contribution in [2.75, 3.05) is 24.7 Å². The molecule has 9 heteroatoms. The van der Waals surface area contributed by atoms with Crippen molar-refractivity contribution in [2.24, 2.45) is 0 Å². The van der Waals surface area contributed by atoms with Crippen LogP contribution in [-0.2, 0) is 25.3 Å². The summed E-state index contributed by atoms with van der Waals surface area (Å²) in [6.07, 6.45) is 2.06. The van der Waals surface area contributed by atoms with Crippen molar-refractivity contribution >= 4 is 22.9 Å². The summed E-state index contributed by atoms with van der Waals surface area (Å²) in [6, 6.07) is 0. The lowest BCUT2D eigenvalue weighted by atomic mass is 10.3. The normalized spacial score (nSPS) is 21.4. The molecule has 0 aromatic carbocycles. The largest absolute Gasteiger partial charge is 0.457 e. The van der Waals surface area contributed by atoms with E-state index in [4.69, 9.17) is 15.2 Å². The Bertz CT molecular complexity index is 580. The molecule has 116 valence electrons. The second kappa shape index (κ2) is 6.90. The highest BCUT2D eigenvalue weighted by atomic mass is 32.2. The van der Waals surface area contributed by atoms with E-state index in [0.29, 0.717) is 25.2 Å². The number of halogens is 1. The third-order valence-corrected chi connectivity index (χ3v) is 5.10. The van der Waals surface area contributed by atoms with Crippen LogP contribution in [0.25, 0.3) is 0 Å². The molecule has 2 atom stereocenters. The average Bonchev–Trinajstić information content (AvgIpc) is 2.89. The van der Waals surface area contributed by atoms with Gasteiger partial charge in [0, 0.05) is 6.42 Å². The minimum absolute atomic E-state index is 0.0420. The lowest BCUT2D eigenvalue weighted by Crippen LogP contribution is -2.38. The molecule has 2 N–H and O–H groups in total. The van der Waals surface area contributed by atoms with Crippen LogP contribution >= 0.6 is 0 Å². The summed E-state index contributed by atoms with van der Waals surface area (Å²) in [4.78, 5) is 26.6. The zero-order valence-corrected chi connectivity index (χ0v) is 12.4. The molecule has 0 spiro atoms. The first-order valence-electron chi connectivity index (χ1n) is 6.55. The Morgan fingerprint density at radius 2 is 2.48 bits per heavy atom. The predicted octanol–water partition coefficient (Wildman–Crippen LogP) is 0.0456. The zero-order valence-electron chi connectivity index (χ0n) is 11.6. The van der Waals surface area contributed by atoms with Crippen LogP contribution in [0.1, 0.15) is 19.8 Å². The molecule has 0 aliphatic carbocycles. The van der Waals surface area contributed by atoms with Crippen molar-refractivity contribution in [3.05, 3.63) is 22.5 Å². The van der Waals surface area contributed by atoms with E-state index < -0.39 is 33.8 Å². The average molecular weight is 318 g/mol. The highest BCUT2D eigenvalue weighted by Crippen LogP contribution is 2.18. The van der Waals surface area contributed by atoms with Crippen LogP contribution in [0.15, 0.2) is 11.0 Å². The molecule has 1 aromatic heterocycles. The Morgan fingerprint density at radius 3 is 3.19 bits per heavy atom. The molecular weight excluding hydrogens is 301 g/mol. The monoisotopic (exact) mass is 318 g/mol. The van der Waals surface area contributed by atoms with Gasteiger partial charge in [0.1, 0.15) is 11.1 Å². The number of nitrogens with zero attached hydrogens (tertiary/aromatic N) is 2. The van der Waals surface area contributed by atoms with Gasteiger partial charge in [-0.15, -0.1) is 3.97 Å². The molecule has 21 heavy (non-hydrogen) atoms. The first kappa shape index (κ1) is 15.8. The van der Waals surface area contributed by atoms with E-state index in [0.717, 1.165) is 6.20 Å². The van der Waals surface area contributed by atoms with Crippen LogP contribution in [0.5, 0.6) is 0 Å². The number of hydrogen-bond donors (Lipinski definition) is 1. The van der Waals surface area contributed by atoms with Gasteiger partial charge in [-0.05, 0) is 6.42 Å². The summed E-state index contributed by atoms with van der Waals surface area (Å²) >= 11 is -0.732. The lowest BCUT2D eigenvalue weighted by Gasteiger charge is -2.11. The zero-order chi connectivity index (χ0) is 15.4. The maximum Gasteiger partial charge on any atom is 0.391 e. The smallest absolute Gasteiger partial charge is 0.391 e. The maximum atomic E-state index is 13.5. The van der Waals surface area contributed by atoms with Gasteiger partial charge in [0.2, 0.25) is 0 Å². The topological polar surface area (TPSA) is 96.4 Å².